The van der Waals surface area contributed by atoms with Gasteiger partial charge in [-0.3, -0.25) is 4.79 Å². The molecule has 1 atom stereocenters. The highest BCUT2D eigenvalue weighted by Gasteiger charge is 2.20. The fourth-order valence-corrected chi connectivity index (χ4v) is 4.01. The molecular formula is C25H23N5O2. The van der Waals surface area contributed by atoms with Crippen LogP contribution in [-0.4, -0.2) is 32.7 Å². The number of aromatic nitrogens is 4. The molecule has 7 nitrogen and oxygen atoms in total. The molecule has 0 saturated carbocycles. The monoisotopic (exact) mass is 425 g/mol. The largest absolute Gasteiger partial charge is 0.493 e. The Morgan fingerprint density at radius 3 is 2.66 bits per heavy atom. The molecule has 5 rings (SSSR count). The number of nitrogens with one attached hydrogen (secondary N) is 1. The lowest BCUT2D eigenvalue weighted by Gasteiger charge is -2.23. The highest BCUT2D eigenvalue weighted by molar-refractivity contribution is 5.79. The number of ether oxygens (including phenoxy) is 1. The molecule has 1 unspecified atom stereocenters. The van der Waals surface area contributed by atoms with Crippen LogP contribution in [0, 0.1) is 0 Å². The Balaban J connectivity index is 1.35. The number of aryl methyl sites for hydroxylation is 1. The second kappa shape index (κ2) is 9.01. The summed E-state index contributed by atoms with van der Waals surface area (Å²) in [6.45, 7) is 0.761. The van der Waals surface area contributed by atoms with Gasteiger partial charge in [-0.1, -0.05) is 48.5 Å². The van der Waals surface area contributed by atoms with E-state index in [1.54, 1.807) is 4.68 Å². The third-order valence-electron chi connectivity index (χ3n) is 5.62. The number of hydrogen-bond donors (Lipinski definition) is 1. The first kappa shape index (κ1) is 19.9. The van der Waals surface area contributed by atoms with Crippen molar-refractivity contribution >= 4 is 5.91 Å². The van der Waals surface area contributed by atoms with Crippen LogP contribution in [-0.2, 0) is 17.6 Å². The van der Waals surface area contributed by atoms with E-state index in [1.807, 2.05) is 66.7 Å². The van der Waals surface area contributed by atoms with Crippen LogP contribution >= 0.6 is 0 Å². The molecule has 1 N–H and O–H groups in total. The maximum Gasteiger partial charge on any atom is 0.225 e. The van der Waals surface area contributed by atoms with Gasteiger partial charge in [0.25, 0.3) is 0 Å². The van der Waals surface area contributed by atoms with Gasteiger partial charge < -0.3 is 10.1 Å². The van der Waals surface area contributed by atoms with E-state index in [1.165, 1.54) is 11.9 Å². The van der Waals surface area contributed by atoms with Crippen LogP contribution in [0.5, 0.6) is 5.75 Å². The van der Waals surface area contributed by atoms with Crippen molar-refractivity contribution in [2.24, 2.45) is 0 Å². The summed E-state index contributed by atoms with van der Waals surface area (Å²) in [4.78, 5) is 13.0. The molecule has 4 aromatic rings. The maximum atomic E-state index is 13.0. The highest BCUT2D eigenvalue weighted by atomic mass is 16.5. The first-order valence-corrected chi connectivity index (χ1v) is 10.7. The molecular weight excluding hydrogens is 402 g/mol. The van der Waals surface area contributed by atoms with E-state index in [-0.39, 0.29) is 18.4 Å². The van der Waals surface area contributed by atoms with Gasteiger partial charge in [0.1, 0.15) is 12.1 Å². The summed E-state index contributed by atoms with van der Waals surface area (Å²) >= 11 is 0. The fraction of sp³-hybridized carbons (Fsp3) is 0.200. The van der Waals surface area contributed by atoms with Crippen LogP contribution in [0.25, 0.3) is 5.69 Å². The van der Waals surface area contributed by atoms with Crippen molar-refractivity contribution in [2.45, 2.75) is 25.3 Å². The Bertz CT molecular complexity index is 1190. The molecule has 7 heteroatoms. The van der Waals surface area contributed by atoms with Gasteiger partial charge >= 0.3 is 0 Å². The van der Waals surface area contributed by atoms with Gasteiger partial charge in [0.05, 0.1) is 24.8 Å². The number of benzene rings is 3. The summed E-state index contributed by atoms with van der Waals surface area (Å²) in [6, 6.07) is 23.7. The minimum absolute atomic E-state index is 0.0389. The zero-order valence-corrected chi connectivity index (χ0v) is 17.5. The third-order valence-corrected chi connectivity index (χ3v) is 5.62. The summed E-state index contributed by atoms with van der Waals surface area (Å²) < 4.78 is 7.34. The molecule has 0 aliphatic carbocycles. The van der Waals surface area contributed by atoms with Crippen molar-refractivity contribution in [1.82, 2.24) is 25.5 Å². The Hall–Kier alpha value is -4.00. The van der Waals surface area contributed by atoms with Crippen LogP contribution in [0.15, 0.2) is 79.1 Å². The van der Waals surface area contributed by atoms with E-state index < -0.39 is 0 Å². The molecule has 1 amide bonds. The van der Waals surface area contributed by atoms with E-state index in [2.05, 4.69) is 26.9 Å². The van der Waals surface area contributed by atoms with Gasteiger partial charge in [0, 0.05) is 0 Å². The fourth-order valence-electron chi connectivity index (χ4n) is 4.01. The van der Waals surface area contributed by atoms with Crippen molar-refractivity contribution in [3.05, 3.63) is 101 Å². The second-order valence-corrected chi connectivity index (χ2v) is 7.83. The number of carbonyl (C=O) groups is 1. The van der Waals surface area contributed by atoms with Crippen LogP contribution in [0.3, 0.4) is 0 Å². The predicted molar refractivity (Wildman–Crippen MR) is 120 cm³/mol. The Kier molecular flexibility index (Phi) is 5.61. The zero-order chi connectivity index (χ0) is 21.8. The normalized spacial score (nSPS) is 13.6. The molecule has 0 spiro atoms. The molecule has 0 bridgehead atoms. The smallest absolute Gasteiger partial charge is 0.225 e. The summed E-state index contributed by atoms with van der Waals surface area (Å²) in [7, 11) is 0. The highest BCUT2D eigenvalue weighted by Crippen LogP contribution is 2.30. The zero-order valence-electron chi connectivity index (χ0n) is 17.5. The van der Waals surface area contributed by atoms with E-state index in [4.69, 9.17) is 4.74 Å². The van der Waals surface area contributed by atoms with Gasteiger partial charge in [0.15, 0.2) is 0 Å². The van der Waals surface area contributed by atoms with Crippen molar-refractivity contribution in [1.29, 1.82) is 0 Å². The van der Waals surface area contributed by atoms with E-state index in [9.17, 15) is 4.79 Å². The van der Waals surface area contributed by atoms with Crippen molar-refractivity contribution in [3.8, 4) is 11.4 Å². The van der Waals surface area contributed by atoms with Gasteiger partial charge in [-0.2, -0.15) is 0 Å². The molecule has 32 heavy (non-hydrogen) atoms. The topological polar surface area (TPSA) is 81.9 Å². The van der Waals surface area contributed by atoms with E-state index >= 15 is 0 Å². The number of hydrogen-bond acceptors (Lipinski definition) is 5. The first-order valence-electron chi connectivity index (χ1n) is 10.7. The molecule has 1 aromatic heterocycles. The Labute approximate surface area is 186 Å². The Morgan fingerprint density at radius 2 is 1.88 bits per heavy atom. The first-order chi connectivity index (χ1) is 15.8. The number of nitrogens with zero attached hydrogens (tertiary/aromatic N) is 4. The van der Waals surface area contributed by atoms with Crippen LogP contribution in [0.1, 0.15) is 34.7 Å². The molecule has 3 aromatic carbocycles. The van der Waals surface area contributed by atoms with Crippen molar-refractivity contribution in [2.75, 3.05) is 6.61 Å². The molecule has 160 valence electrons. The number of rotatable bonds is 6. The van der Waals surface area contributed by atoms with Gasteiger partial charge in [0.2, 0.25) is 5.91 Å². The van der Waals surface area contributed by atoms with E-state index in [0.29, 0.717) is 0 Å². The maximum absolute atomic E-state index is 13.0. The predicted octanol–water partition coefficient (Wildman–Crippen LogP) is 3.44. The number of amides is 1. The van der Waals surface area contributed by atoms with Crippen molar-refractivity contribution < 1.29 is 9.53 Å². The Morgan fingerprint density at radius 1 is 1.03 bits per heavy atom. The van der Waals surface area contributed by atoms with Crippen LogP contribution < -0.4 is 10.1 Å². The van der Waals surface area contributed by atoms with Crippen molar-refractivity contribution in [3.63, 3.8) is 0 Å². The lowest BCUT2D eigenvalue weighted by atomic mass is 9.94. The standard InChI is InChI=1S/C25H23N5O2/c31-24(15-18-8-11-22(12-9-18)30-17-26-28-29-30)27-25(19-5-2-1-3-6-19)21-10-13-23-20(16-21)7-4-14-32-23/h1-3,5-6,8-13,16-17,25H,4,7,14-15H2,(H,27,31). The number of carbonyl (C=O) groups excluding carboxylic acids is 1. The molecule has 2 heterocycles. The van der Waals surface area contributed by atoms with Gasteiger partial charge in [-0.15, -0.1) is 5.10 Å². The van der Waals surface area contributed by atoms with Gasteiger partial charge in [-0.25, -0.2) is 4.68 Å². The molecule has 0 radical (unpaired) electrons. The van der Waals surface area contributed by atoms with Crippen LogP contribution in [0.4, 0.5) is 0 Å². The minimum atomic E-state index is -0.226. The van der Waals surface area contributed by atoms with E-state index in [0.717, 1.165) is 47.6 Å². The third kappa shape index (κ3) is 4.37. The number of tetrazole rings is 1. The lowest BCUT2D eigenvalue weighted by molar-refractivity contribution is -0.120. The molecule has 1 aliphatic heterocycles. The average Bonchev–Trinajstić information content (AvgIpc) is 3.38. The summed E-state index contributed by atoms with van der Waals surface area (Å²) in [5.41, 5.74) is 5.07. The SMILES string of the molecule is O=C(Cc1ccc(-n2cnnn2)cc1)NC(c1ccccc1)c1ccc2c(c1)CCCO2. The summed E-state index contributed by atoms with van der Waals surface area (Å²) in [6.07, 6.45) is 3.83. The molecule has 0 saturated heterocycles. The van der Waals surface area contributed by atoms with Crippen LogP contribution in [0.2, 0.25) is 0 Å². The molecule has 0 fully saturated rings. The number of fused-ring (bicyclic) bond motifs is 1. The molecule has 1 aliphatic rings. The lowest BCUT2D eigenvalue weighted by Crippen LogP contribution is -2.30. The summed E-state index contributed by atoms with van der Waals surface area (Å²) in [5, 5.41) is 14.4. The van der Waals surface area contributed by atoms with Gasteiger partial charge in [-0.05, 0) is 69.8 Å². The minimum Gasteiger partial charge on any atom is -0.493 e. The second-order valence-electron chi connectivity index (χ2n) is 7.83. The average molecular weight is 425 g/mol. The summed E-state index contributed by atoms with van der Waals surface area (Å²) in [5.74, 6) is 0.906. The quantitative estimate of drug-likeness (QED) is 0.512.